The summed E-state index contributed by atoms with van der Waals surface area (Å²) in [6.07, 6.45) is 1.10. The molecule has 1 fully saturated rings. The van der Waals surface area contributed by atoms with E-state index in [4.69, 9.17) is 9.26 Å². The Bertz CT molecular complexity index is 962. The first kappa shape index (κ1) is 19.2. The third-order valence-electron chi connectivity index (χ3n) is 5.28. The van der Waals surface area contributed by atoms with Gasteiger partial charge in [-0.05, 0) is 44.9 Å². The summed E-state index contributed by atoms with van der Waals surface area (Å²) in [5.41, 5.74) is 2.12. The van der Waals surface area contributed by atoms with Crippen LogP contribution in [-0.2, 0) is 4.79 Å². The lowest BCUT2D eigenvalue weighted by molar-refractivity contribution is -0.139. The number of ether oxygens (including phenoxy) is 1. The van der Waals surface area contributed by atoms with Crippen LogP contribution in [-0.4, -0.2) is 40.1 Å². The number of piperidine rings is 1. The fourth-order valence-corrected chi connectivity index (χ4v) is 3.66. The van der Waals surface area contributed by atoms with Gasteiger partial charge in [0.1, 0.15) is 5.75 Å². The number of amides is 1. The fraction of sp³-hybridized carbons (Fsp3) is 0.348. The summed E-state index contributed by atoms with van der Waals surface area (Å²) in [5, 5.41) is 4.15. The highest BCUT2D eigenvalue weighted by molar-refractivity contribution is 5.81. The van der Waals surface area contributed by atoms with Crippen LogP contribution < -0.4 is 4.74 Å². The highest BCUT2D eigenvalue weighted by Gasteiger charge is 2.30. The summed E-state index contributed by atoms with van der Waals surface area (Å²) >= 11 is 0. The molecule has 4 rings (SSSR count). The molecule has 1 amide bonds. The molecule has 3 aromatic rings. The summed E-state index contributed by atoms with van der Waals surface area (Å²) in [7, 11) is 0. The van der Waals surface area contributed by atoms with Crippen molar-refractivity contribution in [2.45, 2.75) is 38.7 Å². The lowest BCUT2D eigenvalue weighted by atomic mass is 9.96. The molecule has 1 aliphatic heterocycles. The Hall–Kier alpha value is -3.15. The monoisotopic (exact) mass is 391 g/mol. The van der Waals surface area contributed by atoms with E-state index in [0.29, 0.717) is 30.6 Å². The molecule has 1 saturated heterocycles. The Kier molecular flexibility index (Phi) is 5.60. The first-order chi connectivity index (χ1) is 14.1. The summed E-state index contributed by atoms with van der Waals surface area (Å²) in [6, 6.07) is 17.5. The number of hydrogen-bond acceptors (Lipinski definition) is 5. The van der Waals surface area contributed by atoms with Gasteiger partial charge < -0.3 is 14.2 Å². The van der Waals surface area contributed by atoms with Crippen molar-refractivity contribution >= 4 is 5.91 Å². The number of aromatic nitrogens is 2. The SMILES string of the molecule is Cc1cccc(-c2noc(C3CCN(C(=O)C(C)Oc4ccccc4)CC3)n2)c1. The maximum Gasteiger partial charge on any atom is 0.263 e. The number of rotatable bonds is 5. The van der Waals surface area contributed by atoms with E-state index in [1.165, 1.54) is 0 Å². The molecule has 0 aliphatic carbocycles. The number of nitrogens with zero attached hydrogens (tertiary/aromatic N) is 3. The van der Waals surface area contributed by atoms with Crippen LogP contribution in [0.4, 0.5) is 0 Å². The molecule has 2 aromatic carbocycles. The van der Waals surface area contributed by atoms with E-state index in [1.54, 1.807) is 6.92 Å². The third kappa shape index (κ3) is 4.47. The summed E-state index contributed by atoms with van der Waals surface area (Å²) in [4.78, 5) is 19.2. The van der Waals surface area contributed by atoms with Crippen LogP contribution in [0.1, 0.15) is 37.1 Å². The van der Waals surface area contributed by atoms with Crippen LogP contribution in [0, 0.1) is 6.92 Å². The van der Waals surface area contributed by atoms with Gasteiger partial charge in [-0.2, -0.15) is 4.98 Å². The van der Waals surface area contributed by atoms with Crippen molar-refractivity contribution in [3.8, 4) is 17.1 Å². The number of aryl methyl sites for hydroxylation is 1. The Morgan fingerprint density at radius 3 is 2.62 bits per heavy atom. The quantitative estimate of drug-likeness (QED) is 0.651. The molecular weight excluding hydrogens is 366 g/mol. The Morgan fingerprint density at radius 1 is 1.14 bits per heavy atom. The zero-order valence-electron chi connectivity index (χ0n) is 16.7. The Morgan fingerprint density at radius 2 is 1.90 bits per heavy atom. The summed E-state index contributed by atoms with van der Waals surface area (Å²) in [5.74, 6) is 2.17. The number of carbonyl (C=O) groups excluding carboxylic acids is 1. The van der Waals surface area contributed by atoms with E-state index in [1.807, 2.05) is 66.4 Å². The topological polar surface area (TPSA) is 68.5 Å². The molecule has 0 N–H and O–H groups in total. The highest BCUT2D eigenvalue weighted by atomic mass is 16.5. The number of hydrogen-bond donors (Lipinski definition) is 0. The minimum absolute atomic E-state index is 0.0123. The molecule has 6 heteroatoms. The minimum atomic E-state index is -0.509. The molecule has 0 radical (unpaired) electrons. The van der Waals surface area contributed by atoms with E-state index in [9.17, 15) is 4.79 Å². The molecular formula is C23H25N3O3. The first-order valence-electron chi connectivity index (χ1n) is 10.0. The normalized spacial score (nSPS) is 15.9. The van der Waals surface area contributed by atoms with E-state index >= 15 is 0 Å². The van der Waals surface area contributed by atoms with E-state index in [0.717, 1.165) is 24.0 Å². The zero-order valence-corrected chi connectivity index (χ0v) is 16.7. The molecule has 29 heavy (non-hydrogen) atoms. The highest BCUT2D eigenvalue weighted by Crippen LogP contribution is 2.29. The molecule has 6 nitrogen and oxygen atoms in total. The standard InChI is InChI=1S/C23H25N3O3/c1-16-7-6-8-19(15-16)21-24-22(29-25-21)18-11-13-26(14-12-18)23(27)17(2)28-20-9-4-3-5-10-20/h3-10,15,17-18H,11-14H2,1-2H3. The molecule has 0 saturated carbocycles. The van der Waals surface area contributed by atoms with Gasteiger partial charge in [0.05, 0.1) is 0 Å². The maximum absolute atomic E-state index is 12.7. The van der Waals surface area contributed by atoms with Crippen molar-refractivity contribution in [3.05, 3.63) is 66.1 Å². The van der Waals surface area contributed by atoms with Crippen LogP contribution >= 0.6 is 0 Å². The van der Waals surface area contributed by atoms with Gasteiger partial charge in [0, 0.05) is 24.6 Å². The van der Waals surface area contributed by atoms with Crippen LogP contribution in [0.5, 0.6) is 5.75 Å². The average Bonchev–Trinajstić information content (AvgIpc) is 3.24. The lowest BCUT2D eigenvalue weighted by Crippen LogP contribution is -2.44. The lowest BCUT2D eigenvalue weighted by Gasteiger charge is -2.32. The van der Waals surface area contributed by atoms with Crippen molar-refractivity contribution in [1.82, 2.24) is 15.0 Å². The summed E-state index contributed by atoms with van der Waals surface area (Å²) < 4.78 is 11.3. The molecule has 1 unspecified atom stereocenters. The van der Waals surface area contributed by atoms with Gasteiger partial charge in [-0.3, -0.25) is 4.79 Å². The second-order valence-corrected chi connectivity index (χ2v) is 7.50. The Labute approximate surface area is 170 Å². The zero-order chi connectivity index (χ0) is 20.2. The van der Waals surface area contributed by atoms with Crippen molar-refractivity contribution in [1.29, 1.82) is 0 Å². The van der Waals surface area contributed by atoms with Gasteiger partial charge in [-0.1, -0.05) is 47.1 Å². The molecule has 0 spiro atoms. The van der Waals surface area contributed by atoms with Crippen molar-refractivity contribution in [2.75, 3.05) is 13.1 Å². The number of benzene rings is 2. The smallest absolute Gasteiger partial charge is 0.263 e. The van der Waals surface area contributed by atoms with Crippen LogP contribution in [0.15, 0.2) is 59.1 Å². The second kappa shape index (κ2) is 8.47. The van der Waals surface area contributed by atoms with Gasteiger partial charge in [0.15, 0.2) is 6.10 Å². The first-order valence-corrected chi connectivity index (χ1v) is 10.0. The van der Waals surface area contributed by atoms with Crippen LogP contribution in [0.25, 0.3) is 11.4 Å². The van der Waals surface area contributed by atoms with Gasteiger partial charge >= 0.3 is 0 Å². The van der Waals surface area contributed by atoms with Crippen molar-refractivity contribution < 1.29 is 14.1 Å². The van der Waals surface area contributed by atoms with Gasteiger partial charge in [-0.25, -0.2) is 0 Å². The number of carbonyl (C=O) groups is 1. The summed E-state index contributed by atoms with van der Waals surface area (Å²) in [6.45, 7) is 5.16. The van der Waals surface area contributed by atoms with Gasteiger partial charge in [0.2, 0.25) is 11.7 Å². The molecule has 150 valence electrons. The maximum atomic E-state index is 12.7. The molecule has 0 bridgehead atoms. The molecule has 1 aromatic heterocycles. The molecule has 1 aliphatic rings. The number of para-hydroxylation sites is 1. The minimum Gasteiger partial charge on any atom is -0.481 e. The number of likely N-dealkylation sites (tertiary alicyclic amines) is 1. The van der Waals surface area contributed by atoms with Crippen LogP contribution in [0.3, 0.4) is 0 Å². The molecule has 1 atom stereocenters. The molecule has 2 heterocycles. The van der Waals surface area contributed by atoms with Crippen molar-refractivity contribution in [2.24, 2.45) is 0 Å². The van der Waals surface area contributed by atoms with E-state index < -0.39 is 6.10 Å². The predicted molar refractivity (Wildman–Crippen MR) is 110 cm³/mol. The van der Waals surface area contributed by atoms with Crippen LogP contribution in [0.2, 0.25) is 0 Å². The van der Waals surface area contributed by atoms with E-state index in [-0.39, 0.29) is 11.8 Å². The van der Waals surface area contributed by atoms with Gasteiger partial charge in [0.25, 0.3) is 5.91 Å². The second-order valence-electron chi connectivity index (χ2n) is 7.50. The van der Waals surface area contributed by atoms with Crippen molar-refractivity contribution in [3.63, 3.8) is 0 Å². The van der Waals surface area contributed by atoms with E-state index in [2.05, 4.69) is 10.1 Å². The predicted octanol–water partition coefficient (Wildman–Crippen LogP) is 4.22. The largest absolute Gasteiger partial charge is 0.481 e. The van der Waals surface area contributed by atoms with Gasteiger partial charge in [-0.15, -0.1) is 0 Å². The average molecular weight is 391 g/mol. The fourth-order valence-electron chi connectivity index (χ4n) is 3.66. The Balaban J connectivity index is 1.34. The third-order valence-corrected chi connectivity index (χ3v) is 5.28.